The minimum Gasteiger partial charge on any atom is -0.693 e. The summed E-state index contributed by atoms with van der Waals surface area (Å²) in [6.07, 6.45) is 1.93. The zero-order chi connectivity index (χ0) is 11.4. The second-order valence-corrected chi connectivity index (χ2v) is 3.36. The second-order valence-electron chi connectivity index (χ2n) is 3.36. The van der Waals surface area contributed by atoms with Gasteiger partial charge >= 0.3 is 28.2 Å². The third-order valence-corrected chi connectivity index (χ3v) is 2.50. The van der Waals surface area contributed by atoms with Gasteiger partial charge in [0.2, 0.25) is 0 Å². The molecule has 19 heavy (non-hydrogen) atoms. The number of rotatable bonds is 0. The third kappa shape index (κ3) is 4.25. The minimum atomic E-state index is 0. The maximum absolute atomic E-state index is 4.61. The fourth-order valence-electron chi connectivity index (χ4n) is 1.81. The predicted molar refractivity (Wildman–Crippen MR) is 82.1 cm³/mol. The predicted octanol–water partition coefficient (Wildman–Crippen LogP) is 5.96. The average Bonchev–Trinajstić information content (AvgIpc) is 2.41. The largest absolute Gasteiger partial charge is 0.693 e. The van der Waals surface area contributed by atoms with E-state index >= 15 is 0 Å². The Labute approximate surface area is 129 Å². The van der Waals surface area contributed by atoms with E-state index in [1.165, 1.54) is 16.2 Å². The fourth-order valence-corrected chi connectivity index (χ4v) is 1.81. The first-order chi connectivity index (χ1) is 7.95. The van der Waals surface area contributed by atoms with Crippen molar-refractivity contribution < 1.29 is 18.8 Å². The average molecular weight is 457 g/mol. The van der Waals surface area contributed by atoms with Crippen LogP contribution in [0.15, 0.2) is 54.7 Å². The van der Waals surface area contributed by atoms with Gasteiger partial charge in [-0.25, -0.2) is 0 Å². The van der Waals surface area contributed by atoms with Crippen molar-refractivity contribution >= 4 is 31.1 Å². The molecular weight excluding hydrogens is 441 g/mol. The molecule has 3 nitrogen and oxygen atoms in total. The number of fused-ring (bicyclic) bond motifs is 3. The molecule has 0 saturated heterocycles. The molecule has 1 heterocycles. The van der Waals surface area contributed by atoms with Gasteiger partial charge in [0.15, 0.2) is 0 Å². The van der Waals surface area contributed by atoms with Crippen LogP contribution in [0.3, 0.4) is 0 Å². The van der Waals surface area contributed by atoms with Crippen LogP contribution in [-0.2, 0) is 18.8 Å². The van der Waals surface area contributed by atoms with Crippen LogP contribution < -0.4 is 0 Å². The van der Waals surface area contributed by atoms with Crippen molar-refractivity contribution in [3.8, 4) is 0 Å². The van der Waals surface area contributed by atoms with Crippen LogP contribution in [0.2, 0.25) is 0 Å². The van der Waals surface area contributed by atoms with E-state index in [4.69, 9.17) is 0 Å². The number of halogens is 1. The van der Waals surface area contributed by atoms with E-state index in [1.807, 2.05) is 24.4 Å². The van der Waals surface area contributed by atoms with E-state index in [9.17, 15) is 0 Å². The van der Waals surface area contributed by atoms with Crippen molar-refractivity contribution in [1.82, 2.24) is 4.98 Å². The number of pyridine rings is 1. The molecule has 0 aliphatic heterocycles. The van der Waals surface area contributed by atoms with Gasteiger partial charge in [0.1, 0.15) is 0 Å². The number of hydrogen-bond acceptors (Lipinski definition) is 1. The molecule has 0 unspecified atom stereocenters. The molecule has 0 saturated carbocycles. The molecule has 3 aromatic rings. The van der Waals surface area contributed by atoms with Crippen LogP contribution in [-0.4, -0.2) is 4.98 Å². The maximum atomic E-state index is 4.61. The second kappa shape index (κ2) is 9.88. The first kappa shape index (κ1) is 20.3. The summed E-state index contributed by atoms with van der Waals surface area (Å²) >= 11 is 1.61. The van der Waals surface area contributed by atoms with Gasteiger partial charge in [-0.15, -0.1) is 0 Å². The van der Waals surface area contributed by atoms with E-state index in [0.29, 0.717) is 0 Å². The Morgan fingerprint density at radius 1 is 0.789 bits per heavy atom. The van der Waals surface area contributed by atoms with Gasteiger partial charge in [0, 0.05) is 17.0 Å². The van der Waals surface area contributed by atoms with Gasteiger partial charge in [-0.3, -0.25) is 4.98 Å². The summed E-state index contributed by atoms with van der Waals surface area (Å²) in [5.74, 6) is 0. The number of para-hydroxylation sites is 1. The smallest absolute Gasteiger partial charge is 0.0708 e. The standard InChI is InChI=1S/C13H9N.CH3.ClH.2H2N.Pt/c1-2-6-11-10(5-1)9-14-13-8-4-3-7-12(11)13;;;;;/h1-9H;1H3;1H;2*1H2;/q;-1;;2*-1;+1/p-1. The number of aromatic nitrogens is 1. The Bertz CT molecular complexity index is 562. The summed E-state index contributed by atoms with van der Waals surface area (Å²) in [6, 6.07) is 16.6. The van der Waals surface area contributed by atoms with Gasteiger partial charge < -0.3 is 19.7 Å². The number of hydrogen-bond donors (Lipinski definition) is 0. The molecule has 3 rings (SSSR count). The third-order valence-electron chi connectivity index (χ3n) is 2.50. The Balaban J connectivity index is 0. The maximum Gasteiger partial charge on any atom is 0.0708 e. The minimum absolute atomic E-state index is 0. The van der Waals surface area contributed by atoms with Crippen molar-refractivity contribution in [2.75, 3.05) is 0 Å². The molecule has 0 radical (unpaired) electrons. The van der Waals surface area contributed by atoms with Crippen molar-refractivity contribution in [3.63, 3.8) is 0 Å². The summed E-state index contributed by atoms with van der Waals surface area (Å²) in [5.41, 5.74) is 1.06. The summed E-state index contributed by atoms with van der Waals surface area (Å²) in [7, 11) is 4.61. The zero-order valence-electron chi connectivity index (χ0n) is 10.5. The Hall–Kier alpha value is -0.992. The summed E-state index contributed by atoms with van der Waals surface area (Å²) in [6.45, 7) is 0. The monoisotopic (exact) mass is 456 g/mol. The molecule has 0 atom stereocenters. The number of nitrogens with zero attached hydrogens (tertiary/aromatic N) is 1. The summed E-state index contributed by atoms with van der Waals surface area (Å²) < 4.78 is 0. The molecular formula is C14H16ClN3Pt-3. The molecule has 0 aliphatic carbocycles. The fraction of sp³-hybridized carbons (Fsp3) is 0. The van der Waals surface area contributed by atoms with E-state index in [2.05, 4.69) is 44.7 Å². The Kier molecular flexibility index (Phi) is 10.6. The first-order valence-electron chi connectivity index (χ1n) is 4.79. The SMILES string of the molecule is [CH3-].[Cl][Pt].[NH2-].[NH2-].c1ccc2c(c1)cnc1ccccc12. The van der Waals surface area contributed by atoms with Crippen molar-refractivity contribution in [3.05, 3.63) is 74.5 Å². The van der Waals surface area contributed by atoms with E-state index in [0.717, 1.165) is 5.52 Å². The topological polar surface area (TPSA) is 79.9 Å². The van der Waals surface area contributed by atoms with Gasteiger partial charge in [-0.1, -0.05) is 42.5 Å². The summed E-state index contributed by atoms with van der Waals surface area (Å²) in [4.78, 5) is 4.41. The molecule has 0 amide bonds. The molecule has 0 fully saturated rings. The molecule has 0 bridgehead atoms. The van der Waals surface area contributed by atoms with Crippen molar-refractivity contribution in [2.45, 2.75) is 0 Å². The Morgan fingerprint density at radius 3 is 2.00 bits per heavy atom. The molecule has 1 aromatic heterocycles. The van der Waals surface area contributed by atoms with Crippen LogP contribution in [0.25, 0.3) is 34.0 Å². The molecule has 2 aromatic carbocycles. The molecule has 0 aliphatic rings. The molecule has 107 valence electrons. The van der Waals surface area contributed by atoms with Crippen LogP contribution in [0.5, 0.6) is 0 Å². The normalized spacial score (nSPS) is 8.37. The van der Waals surface area contributed by atoms with E-state index in [1.54, 1.807) is 18.8 Å². The quantitative estimate of drug-likeness (QED) is 0.303. The summed E-state index contributed by atoms with van der Waals surface area (Å²) in [5, 5.41) is 3.70. The number of benzene rings is 2. The van der Waals surface area contributed by atoms with Gasteiger partial charge in [0.25, 0.3) is 0 Å². The van der Waals surface area contributed by atoms with Gasteiger partial charge in [0.05, 0.1) is 5.52 Å². The van der Waals surface area contributed by atoms with Crippen molar-refractivity contribution in [1.29, 1.82) is 0 Å². The molecule has 0 spiro atoms. The van der Waals surface area contributed by atoms with E-state index < -0.39 is 0 Å². The number of nitrogens with two attached hydrogens (primary N) is 2. The van der Waals surface area contributed by atoms with Crippen LogP contribution in [0.4, 0.5) is 0 Å². The van der Waals surface area contributed by atoms with Gasteiger partial charge in [-0.05, 0) is 11.5 Å². The van der Waals surface area contributed by atoms with Crippen molar-refractivity contribution in [2.24, 2.45) is 0 Å². The van der Waals surface area contributed by atoms with Gasteiger partial charge in [-0.2, -0.15) is 0 Å². The van der Waals surface area contributed by atoms with E-state index in [-0.39, 0.29) is 19.7 Å². The Morgan fingerprint density at radius 2 is 1.32 bits per heavy atom. The van der Waals surface area contributed by atoms with Crippen LogP contribution >= 0.6 is 9.42 Å². The zero-order valence-corrected chi connectivity index (χ0v) is 13.5. The molecule has 5 heteroatoms. The first-order valence-corrected chi connectivity index (χ1v) is 7.61. The van der Waals surface area contributed by atoms with Crippen LogP contribution in [0, 0.1) is 7.43 Å². The molecule has 4 N–H and O–H groups in total. The van der Waals surface area contributed by atoms with Crippen LogP contribution in [0.1, 0.15) is 0 Å².